The molecule has 0 atom stereocenters. The van der Waals surface area contributed by atoms with Crippen LogP contribution in [0.5, 0.6) is 0 Å². The fourth-order valence-electron chi connectivity index (χ4n) is 2.28. The van der Waals surface area contributed by atoms with Crippen molar-refractivity contribution in [3.05, 3.63) is 57.4 Å². The average molecular weight is 329 g/mol. The third-order valence-corrected chi connectivity index (χ3v) is 4.25. The van der Waals surface area contributed by atoms with Gasteiger partial charge in [-0.15, -0.1) is 11.3 Å². The van der Waals surface area contributed by atoms with Crippen molar-refractivity contribution in [3.8, 4) is 10.7 Å². The highest BCUT2D eigenvalue weighted by molar-refractivity contribution is 7.13. The van der Waals surface area contributed by atoms with E-state index < -0.39 is 5.76 Å². The molecule has 1 N–H and O–H groups in total. The molecule has 2 aromatic heterocycles. The van der Waals surface area contributed by atoms with Crippen LogP contribution in [0, 0.1) is 13.8 Å². The summed E-state index contributed by atoms with van der Waals surface area (Å²) < 4.78 is 5.92. The summed E-state index contributed by atoms with van der Waals surface area (Å²) in [5, 5.41) is 8.43. The lowest BCUT2D eigenvalue weighted by molar-refractivity contribution is -0.116. The summed E-state index contributed by atoms with van der Waals surface area (Å²) in [6.07, 6.45) is 0. The number of aromatic nitrogens is 2. The number of benzene rings is 1. The monoisotopic (exact) mass is 329 g/mol. The van der Waals surface area contributed by atoms with Gasteiger partial charge in [0.2, 0.25) is 5.91 Å². The van der Waals surface area contributed by atoms with Crippen molar-refractivity contribution in [1.29, 1.82) is 0 Å². The zero-order chi connectivity index (χ0) is 16.4. The fraction of sp³-hybridized carbons (Fsp3) is 0.188. The first-order valence-electron chi connectivity index (χ1n) is 7.02. The number of carbonyl (C=O) groups excluding carboxylic acids is 1. The molecule has 0 saturated heterocycles. The van der Waals surface area contributed by atoms with E-state index in [0.29, 0.717) is 5.82 Å². The molecule has 2 heterocycles. The number of rotatable bonds is 4. The van der Waals surface area contributed by atoms with E-state index in [2.05, 4.69) is 10.5 Å². The van der Waals surface area contributed by atoms with Gasteiger partial charge in [0.05, 0.1) is 4.88 Å². The number of nitrogens with zero attached hydrogens (tertiary/aromatic N) is 2. The molecule has 23 heavy (non-hydrogen) atoms. The minimum Gasteiger partial charge on any atom is -0.324 e. The Morgan fingerprint density at radius 1 is 1.35 bits per heavy atom. The van der Waals surface area contributed by atoms with Crippen LogP contribution in [0.1, 0.15) is 11.1 Å². The summed E-state index contributed by atoms with van der Waals surface area (Å²) in [6.45, 7) is 3.76. The van der Waals surface area contributed by atoms with Crippen LogP contribution >= 0.6 is 11.3 Å². The molecule has 0 saturated carbocycles. The van der Waals surface area contributed by atoms with Gasteiger partial charge in [-0.05, 0) is 36.9 Å². The lowest BCUT2D eigenvalue weighted by Crippen LogP contribution is -2.25. The van der Waals surface area contributed by atoms with Crippen molar-refractivity contribution < 1.29 is 9.32 Å². The molecule has 0 fully saturated rings. The Kier molecular flexibility index (Phi) is 4.12. The van der Waals surface area contributed by atoms with Crippen molar-refractivity contribution >= 4 is 22.9 Å². The molecule has 118 valence electrons. The Morgan fingerprint density at radius 2 is 2.17 bits per heavy atom. The molecule has 6 nitrogen and oxygen atoms in total. The normalized spacial score (nSPS) is 10.7. The first-order valence-corrected chi connectivity index (χ1v) is 7.90. The first kappa shape index (κ1) is 15.2. The quantitative estimate of drug-likeness (QED) is 0.798. The molecule has 3 rings (SSSR count). The van der Waals surface area contributed by atoms with Crippen molar-refractivity contribution in [3.63, 3.8) is 0 Å². The molecule has 3 aromatic rings. The minimum atomic E-state index is -0.649. The van der Waals surface area contributed by atoms with Gasteiger partial charge in [0.15, 0.2) is 5.82 Å². The lowest BCUT2D eigenvalue weighted by Gasteiger charge is -2.09. The lowest BCUT2D eigenvalue weighted by atomic mass is 10.1. The van der Waals surface area contributed by atoms with Gasteiger partial charge < -0.3 is 5.32 Å². The van der Waals surface area contributed by atoms with Gasteiger partial charge in [-0.2, -0.15) is 0 Å². The van der Waals surface area contributed by atoms with Gasteiger partial charge in [0, 0.05) is 5.69 Å². The highest BCUT2D eigenvalue weighted by Crippen LogP contribution is 2.22. The number of nitrogens with one attached hydrogen (secondary N) is 1. The van der Waals surface area contributed by atoms with E-state index in [1.54, 1.807) is 0 Å². The van der Waals surface area contributed by atoms with Crippen molar-refractivity contribution in [2.24, 2.45) is 0 Å². The number of aryl methyl sites for hydroxylation is 2. The van der Waals surface area contributed by atoms with Gasteiger partial charge in [-0.1, -0.05) is 28.9 Å². The van der Waals surface area contributed by atoms with E-state index in [0.717, 1.165) is 21.7 Å². The molecule has 0 radical (unpaired) electrons. The number of anilines is 1. The molecular formula is C16H15N3O3S. The molecule has 7 heteroatoms. The van der Waals surface area contributed by atoms with Crippen LogP contribution in [0.15, 0.2) is 45.0 Å². The van der Waals surface area contributed by atoms with Crippen LogP contribution in [-0.4, -0.2) is 15.6 Å². The van der Waals surface area contributed by atoms with E-state index in [9.17, 15) is 9.59 Å². The Bertz CT molecular complexity index is 894. The van der Waals surface area contributed by atoms with Crippen molar-refractivity contribution in [1.82, 2.24) is 9.72 Å². The highest BCUT2D eigenvalue weighted by atomic mass is 32.1. The summed E-state index contributed by atoms with van der Waals surface area (Å²) >= 11 is 1.42. The maximum absolute atomic E-state index is 12.3. The number of amides is 1. The standard InChI is InChI=1S/C16H15N3O3S/c1-10-5-6-12(11(2)8-10)17-14(20)9-19-15(18-22-16(19)21)13-4-3-7-23-13/h3-8H,9H2,1-2H3,(H,17,20). The van der Waals surface area contributed by atoms with E-state index in [1.807, 2.05) is 49.6 Å². The SMILES string of the molecule is Cc1ccc(NC(=O)Cn2c(-c3cccs3)noc2=O)c(C)c1. The second-order valence-corrected chi connectivity index (χ2v) is 6.15. The van der Waals surface area contributed by atoms with E-state index in [1.165, 1.54) is 15.9 Å². The Labute approximate surface area is 136 Å². The second kappa shape index (κ2) is 6.21. The Hall–Kier alpha value is -2.67. The fourth-order valence-corrected chi connectivity index (χ4v) is 2.99. The molecule has 0 aliphatic heterocycles. The van der Waals surface area contributed by atoms with Gasteiger partial charge in [-0.25, -0.2) is 9.36 Å². The highest BCUT2D eigenvalue weighted by Gasteiger charge is 2.16. The van der Waals surface area contributed by atoms with Gasteiger partial charge >= 0.3 is 5.76 Å². The third-order valence-electron chi connectivity index (χ3n) is 3.39. The maximum atomic E-state index is 12.3. The molecule has 1 amide bonds. The predicted octanol–water partition coefficient (Wildman–Crippen LogP) is 2.82. The number of hydrogen-bond acceptors (Lipinski definition) is 5. The van der Waals surface area contributed by atoms with Crippen LogP contribution in [0.2, 0.25) is 0 Å². The van der Waals surface area contributed by atoms with Crippen LogP contribution in [0.4, 0.5) is 5.69 Å². The molecule has 0 unspecified atom stereocenters. The summed E-state index contributed by atoms with van der Waals surface area (Å²) in [6, 6.07) is 9.42. The second-order valence-electron chi connectivity index (χ2n) is 5.20. The summed E-state index contributed by atoms with van der Waals surface area (Å²) in [5.74, 6) is -0.593. The first-order chi connectivity index (χ1) is 11.0. The van der Waals surface area contributed by atoms with Crippen LogP contribution in [0.25, 0.3) is 10.7 Å². The molecule has 0 aliphatic carbocycles. The van der Waals surface area contributed by atoms with Crippen molar-refractivity contribution in [2.75, 3.05) is 5.32 Å². The molecule has 1 aromatic carbocycles. The zero-order valence-electron chi connectivity index (χ0n) is 12.7. The Balaban J connectivity index is 1.81. The minimum absolute atomic E-state index is 0.150. The maximum Gasteiger partial charge on any atom is 0.442 e. The van der Waals surface area contributed by atoms with Gasteiger partial charge in [0.25, 0.3) is 0 Å². The largest absolute Gasteiger partial charge is 0.442 e. The number of carbonyl (C=O) groups is 1. The van der Waals surface area contributed by atoms with Crippen molar-refractivity contribution in [2.45, 2.75) is 20.4 Å². The van der Waals surface area contributed by atoms with E-state index in [-0.39, 0.29) is 12.5 Å². The third kappa shape index (κ3) is 3.24. The van der Waals surface area contributed by atoms with Crippen LogP contribution < -0.4 is 11.1 Å². The number of thiophene rings is 1. The Morgan fingerprint density at radius 3 is 2.87 bits per heavy atom. The molecule has 0 aliphatic rings. The number of hydrogen-bond donors (Lipinski definition) is 1. The van der Waals surface area contributed by atoms with Crippen LogP contribution in [0.3, 0.4) is 0 Å². The summed E-state index contributed by atoms with van der Waals surface area (Å²) in [7, 11) is 0. The van der Waals surface area contributed by atoms with Crippen LogP contribution in [-0.2, 0) is 11.3 Å². The average Bonchev–Trinajstić information content (AvgIpc) is 3.13. The molecule has 0 bridgehead atoms. The predicted molar refractivity (Wildman–Crippen MR) is 88.6 cm³/mol. The zero-order valence-corrected chi connectivity index (χ0v) is 13.5. The van der Waals surface area contributed by atoms with Gasteiger partial charge in [-0.3, -0.25) is 9.32 Å². The topological polar surface area (TPSA) is 77.1 Å². The summed E-state index contributed by atoms with van der Waals surface area (Å²) in [4.78, 5) is 24.8. The summed E-state index contributed by atoms with van der Waals surface area (Å²) in [5.41, 5.74) is 2.81. The van der Waals surface area contributed by atoms with E-state index in [4.69, 9.17) is 4.52 Å². The van der Waals surface area contributed by atoms with Gasteiger partial charge in [0.1, 0.15) is 6.54 Å². The molecular weight excluding hydrogens is 314 g/mol. The smallest absolute Gasteiger partial charge is 0.324 e. The van der Waals surface area contributed by atoms with E-state index >= 15 is 0 Å². The molecule has 0 spiro atoms.